The number of thiophene rings is 1. The Hall–Kier alpha value is -2.15. The van der Waals surface area contributed by atoms with Crippen molar-refractivity contribution in [2.75, 3.05) is 5.32 Å². The maximum absolute atomic E-state index is 13.0. The Balaban J connectivity index is 1.82. The number of aliphatic carboxylic acids is 1. The van der Waals surface area contributed by atoms with Crippen molar-refractivity contribution in [2.24, 2.45) is 11.8 Å². The molecule has 0 bridgehead atoms. The first-order valence-corrected chi connectivity index (χ1v) is 10.9. The second-order valence-electron chi connectivity index (χ2n) is 7.63. The van der Waals surface area contributed by atoms with Crippen LogP contribution in [-0.4, -0.2) is 28.9 Å². The Morgan fingerprint density at radius 3 is 2.39 bits per heavy atom. The number of hydrogen-bond acceptors (Lipinski definition) is 4. The number of nitrogens with one attached hydrogen (secondary N) is 2. The van der Waals surface area contributed by atoms with Gasteiger partial charge in [0.25, 0.3) is 5.91 Å². The first-order valence-electron chi connectivity index (χ1n) is 10.0. The molecule has 2 aliphatic rings. The molecule has 7 heteroatoms. The highest BCUT2D eigenvalue weighted by Gasteiger charge is 2.35. The summed E-state index contributed by atoms with van der Waals surface area (Å²) in [5.41, 5.74) is 1.50. The van der Waals surface area contributed by atoms with Crippen LogP contribution < -0.4 is 10.6 Å². The summed E-state index contributed by atoms with van der Waals surface area (Å²) < 4.78 is 0. The van der Waals surface area contributed by atoms with E-state index < -0.39 is 17.8 Å². The van der Waals surface area contributed by atoms with Crippen molar-refractivity contribution < 1.29 is 19.5 Å². The van der Waals surface area contributed by atoms with Gasteiger partial charge in [0.15, 0.2) is 0 Å². The van der Waals surface area contributed by atoms with Crippen molar-refractivity contribution in [1.82, 2.24) is 5.32 Å². The Labute approximate surface area is 169 Å². The molecule has 1 aromatic rings. The quantitative estimate of drug-likeness (QED) is 0.627. The molecule has 2 atom stereocenters. The lowest BCUT2D eigenvalue weighted by atomic mass is 9.82. The van der Waals surface area contributed by atoms with Crippen LogP contribution in [0.1, 0.15) is 66.2 Å². The molecule has 0 spiro atoms. The van der Waals surface area contributed by atoms with E-state index in [9.17, 15) is 19.5 Å². The lowest BCUT2D eigenvalue weighted by molar-refractivity contribution is -0.146. The van der Waals surface area contributed by atoms with E-state index in [0.717, 1.165) is 36.1 Å². The molecule has 2 amide bonds. The number of rotatable bonds is 6. The number of carboxylic acid groups (broad SMARTS) is 1. The van der Waals surface area contributed by atoms with Gasteiger partial charge in [-0.25, -0.2) is 0 Å². The molecule has 0 saturated heterocycles. The van der Waals surface area contributed by atoms with Crippen LogP contribution in [0.15, 0.2) is 12.2 Å². The highest BCUT2D eigenvalue weighted by atomic mass is 32.1. The van der Waals surface area contributed by atoms with Crippen LogP contribution in [-0.2, 0) is 16.0 Å². The largest absolute Gasteiger partial charge is 0.481 e. The van der Waals surface area contributed by atoms with E-state index in [-0.39, 0.29) is 17.9 Å². The molecule has 0 unspecified atom stereocenters. The summed E-state index contributed by atoms with van der Waals surface area (Å²) in [4.78, 5) is 38.4. The number of amides is 2. The van der Waals surface area contributed by atoms with Crippen molar-refractivity contribution in [1.29, 1.82) is 0 Å². The monoisotopic (exact) mass is 404 g/mol. The van der Waals surface area contributed by atoms with Gasteiger partial charge in [0.1, 0.15) is 5.00 Å². The van der Waals surface area contributed by atoms with Gasteiger partial charge in [-0.05, 0) is 44.6 Å². The van der Waals surface area contributed by atoms with Crippen LogP contribution in [0.25, 0.3) is 0 Å². The summed E-state index contributed by atoms with van der Waals surface area (Å²) in [5, 5.41) is 16.0. The van der Waals surface area contributed by atoms with E-state index in [0.29, 0.717) is 29.8 Å². The molecule has 0 aromatic carbocycles. The van der Waals surface area contributed by atoms with Crippen molar-refractivity contribution in [3.05, 3.63) is 28.2 Å². The SMILES string of the molecule is CCc1c(C)sc(NC(=O)[C@H]2CC=CC[C@H]2C(=O)O)c1C(=O)NC1CCCC1. The highest BCUT2D eigenvalue weighted by molar-refractivity contribution is 7.16. The van der Waals surface area contributed by atoms with Gasteiger partial charge in [0.2, 0.25) is 5.91 Å². The molecule has 0 radical (unpaired) electrons. The Kier molecular flexibility index (Phi) is 6.54. The maximum atomic E-state index is 13.0. The summed E-state index contributed by atoms with van der Waals surface area (Å²) in [6.07, 6.45) is 9.37. The zero-order valence-corrected chi connectivity index (χ0v) is 17.2. The van der Waals surface area contributed by atoms with E-state index in [1.165, 1.54) is 11.3 Å². The fraction of sp³-hybridized carbons (Fsp3) is 0.571. The first kappa shape index (κ1) is 20.6. The molecule has 3 rings (SSSR count). The lowest BCUT2D eigenvalue weighted by Crippen LogP contribution is -2.36. The Morgan fingerprint density at radius 2 is 1.79 bits per heavy atom. The van der Waals surface area contributed by atoms with Crippen LogP contribution in [0, 0.1) is 18.8 Å². The van der Waals surface area contributed by atoms with Crippen molar-refractivity contribution in [3.8, 4) is 0 Å². The summed E-state index contributed by atoms with van der Waals surface area (Å²) >= 11 is 1.40. The van der Waals surface area contributed by atoms with Gasteiger partial charge in [-0.15, -0.1) is 11.3 Å². The number of carboxylic acids is 1. The van der Waals surface area contributed by atoms with Crippen LogP contribution in [0.4, 0.5) is 5.00 Å². The number of carbonyl (C=O) groups excluding carboxylic acids is 2. The van der Waals surface area contributed by atoms with Gasteiger partial charge in [-0.2, -0.15) is 0 Å². The smallest absolute Gasteiger partial charge is 0.307 e. The minimum atomic E-state index is -0.958. The summed E-state index contributed by atoms with van der Waals surface area (Å²) in [6, 6.07) is 0.195. The summed E-state index contributed by atoms with van der Waals surface area (Å²) in [6.45, 7) is 3.95. The normalized spacial score (nSPS) is 22.2. The zero-order chi connectivity index (χ0) is 20.3. The Bertz CT molecular complexity index is 793. The molecule has 1 heterocycles. The van der Waals surface area contributed by atoms with Crippen molar-refractivity contribution in [3.63, 3.8) is 0 Å². The molecule has 2 aliphatic carbocycles. The third kappa shape index (κ3) is 4.29. The van der Waals surface area contributed by atoms with E-state index in [4.69, 9.17) is 0 Å². The second-order valence-corrected chi connectivity index (χ2v) is 8.86. The predicted octanol–water partition coefficient (Wildman–Crippen LogP) is 3.90. The minimum absolute atomic E-state index is 0.137. The predicted molar refractivity (Wildman–Crippen MR) is 110 cm³/mol. The molecule has 1 fully saturated rings. The van der Waals surface area contributed by atoms with E-state index >= 15 is 0 Å². The van der Waals surface area contributed by atoms with E-state index in [1.54, 1.807) is 0 Å². The maximum Gasteiger partial charge on any atom is 0.307 e. The summed E-state index contributed by atoms with van der Waals surface area (Å²) in [7, 11) is 0. The van der Waals surface area contributed by atoms with Crippen LogP contribution in [0.3, 0.4) is 0 Å². The van der Waals surface area contributed by atoms with Gasteiger partial charge in [-0.3, -0.25) is 14.4 Å². The third-order valence-electron chi connectivity index (χ3n) is 5.80. The first-order chi connectivity index (χ1) is 13.4. The lowest BCUT2D eigenvalue weighted by Gasteiger charge is -2.24. The number of aryl methyl sites for hydroxylation is 1. The molecule has 0 aliphatic heterocycles. The molecular weight excluding hydrogens is 376 g/mol. The van der Waals surface area contributed by atoms with Gasteiger partial charge in [0, 0.05) is 10.9 Å². The van der Waals surface area contributed by atoms with Crippen molar-refractivity contribution >= 4 is 34.1 Å². The molecular formula is C21H28N2O4S. The summed E-state index contributed by atoms with van der Waals surface area (Å²) in [5.74, 6) is -2.77. The van der Waals surface area contributed by atoms with E-state index in [2.05, 4.69) is 10.6 Å². The van der Waals surface area contributed by atoms with E-state index in [1.807, 2.05) is 26.0 Å². The fourth-order valence-corrected chi connectivity index (χ4v) is 5.39. The molecule has 28 heavy (non-hydrogen) atoms. The second kappa shape index (κ2) is 8.90. The molecule has 1 saturated carbocycles. The van der Waals surface area contributed by atoms with Gasteiger partial charge in [-0.1, -0.05) is 31.9 Å². The topological polar surface area (TPSA) is 95.5 Å². The van der Waals surface area contributed by atoms with Crippen LogP contribution in [0.2, 0.25) is 0 Å². The van der Waals surface area contributed by atoms with Crippen LogP contribution >= 0.6 is 11.3 Å². The molecule has 6 nitrogen and oxygen atoms in total. The Morgan fingerprint density at radius 1 is 1.14 bits per heavy atom. The van der Waals surface area contributed by atoms with Gasteiger partial charge >= 0.3 is 5.97 Å². The molecule has 3 N–H and O–H groups in total. The van der Waals surface area contributed by atoms with Crippen molar-refractivity contribution in [2.45, 2.75) is 64.8 Å². The number of allylic oxidation sites excluding steroid dienone is 2. The zero-order valence-electron chi connectivity index (χ0n) is 16.4. The highest BCUT2D eigenvalue weighted by Crippen LogP contribution is 2.35. The third-order valence-corrected chi connectivity index (χ3v) is 6.87. The number of hydrogen-bond donors (Lipinski definition) is 3. The minimum Gasteiger partial charge on any atom is -0.481 e. The van der Waals surface area contributed by atoms with Gasteiger partial charge in [0.05, 0.1) is 17.4 Å². The molecule has 152 valence electrons. The number of carbonyl (C=O) groups is 3. The fourth-order valence-electron chi connectivity index (χ4n) is 4.24. The average Bonchev–Trinajstić information content (AvgIpc) is 3.28. The van der Waals surface area contributed by atoms with Gasteiger partial charge < -0.3 is 15.7 Å². The molecule has 1 aromatic heterocycles. The van der Waals surface area contributed by atoms with Crippen LogP contribution in [0.5, 0.6) is 0 Å². The number of anilines is 1. The standard InChI is InChI=1S/C21H28N2O4S/c1-3-14-12(2)28-20(17(14)19(25)22-13-8-4-5-9-13)23-18(24)15-10-6-7-11-16(15)21(26)27/h6-7,13,15-16H,3-5,8-11H2,1-2H3,(H,22,25)(H,23,24)(H,26,27)/t15-,16+/m0/s1. The average molecular weight is 405 g/mol.